The summed E-state index contributed by atoms with van der Waals surface area (Å²) < 4.78 is 21.8. The second kappa shape index (κ2) is 7.62. The Morgan fingerprint density at radius 2 is 1.76 bits per heavy atom. The van der Waals surface area contributed by atoms with Crippen molar-refractivity contribution in [3.63, 3.8) is 0 Å². The number of hydrogen-bond acceptors (Lipinski definition) is 6. The van der Waals surface area contributed by atoms with Crippen LogP contribution in [-0.4, -0.2) is 26.0 Å². The van der Waals surface area contributed by atoms with Gasteiger partial charge in [0, 0.05) is 17.7 Å². The van der Waals surface area contributed by atoms with E-state index in [-0.39, 0.29) is 17.5 Å². The molecule has 1 aliphatic heterocycles. The number of carbonyl (C=O) groups excluding carboxylic acids is 2. The summed E-state index contributed by atoms with van der Waals surface area (Å²) in [6, 6.07) is 8.52. The molecule has 2 aromatic rings. The molecule has 1 heterocycles. The van der Waals surface area contributed by atoms with Gasteiger partial charge in [0.1, 0.15) is 23.0 Å². The zero-order valence-corrected chi connectivity index (χ0v) is 17.4. The average Bonchev–Trinajstić information content (AvgIpc) is 2.97. The third-order valence-electron chi connectivity index (χ3n) is 4.49. The van der Waals surface area contributed by atoms with Crippen molar-refractivity contribution in [3.8, 4) is 23.0 Å². The van der Waals surface area contributed by atoms with E-state index in [1.807, 2.05) is 0 Å². The first-order valence-corrected chi connectivity index (χ1v) is 9.17. The standard InChI is InChI=1S/C23H24O6/c1-13-9-16(28-22(25)23(2,3)4)12-18-20(13)21(24)19(29-18)10-14-7-8-15(26-5)11-17(14)27-6/h7-12H,1-6H3/b19-10-. The number of rotatable bonds is 4. The third-order valence-corrected chi connectivity index (χ3v) is 4.49. The summed E-state index contributed by atoms with van der Waals surface area (Å²) in [6.45, 7) is 7.11. The maximum absolute atomic E-state index is 12.9. The summed E-state index contributed by atoms with van der Waals surface area (Å²) in [5.74, 6) is 1.49. The van der Waals surface area contributed by atoms with Crippen LogP contribution in [-0.2, 0) is 4.79 Å². The lowest BCUT2D eigenvalue weighted by Crippen LogP contribution is -2.25. The minimum atomic E-state index is -0.639. The number of ether oxygens (including phenoxy) is 4. The highest BCUT2D eigenvalue weighted by molar-refractivity contribution is 6.15. The fourth-order valence-electron chi connectivity index (χ4n) is 2.88. The van der Waals surface area contributed by atoms with Crippen LogP contribution >= 0.6 is 0 Å². The van der Waals surface area contributed by atoms with Gasteiger partial charge in [-0.2, -0.15) is 0 Å². The first kappa shape index (κ1) is 20.5. The van der Waals surface area contributed by atoms with Gasteiger partial charge in [-0.3, -0.25) is 9.59 Å². The fourth-order valence-corrected chi connectivity index (χ4v) is 2.88. The molecular formula is C23H24O6. The highest BCUT2D eigenvalue weighted by Gasteiger charge is 2.31. The van der Waals surface area contributed by atoms with Crippen molar-refractivity contribution in [3.05, 3.63) is 52.8 Å². The Bertz CT molecular complexity index is 1010. The highest BCUT2D eigenvalue weighted by Crippen LogP contribution is 2.39. The zero-order chi connectivity index (χ0) is 21.3. The number of fused-ring (bicyclic) bond motifs is 1. The van der Waals surface area contributed by atoms with Crippen molar-refractivity contribution in [2.75, 3.05) is 14.2 Å². The lowest BCUT2D eigenvalue weighted by Gasteiger charge is -2.16. The molecule has 0 amide bonds. The van der Waals surface area contributed by atoms with Crippen molar-refractivity contribution >= 4 is 17.8 Å². The summed E-state index contributed by atoms with van der Waals surface area (Å²) in [5.41, 5.74) is 1.18. The maximum Gasteiger partial charge on any atom is 0.316 e. The number of allylic oxidation sites excluding steroid dienone is 1. The Kier molecular flexibility index (Phi) is 5.38. The number of benzene rings is 2. The molecule has 0 radical (unpaired) electrons. The molecule has 0 N–H and O–H groups in total. The van der Waals surface area contributed by atoms with Gasteiger partial charge in [0.15, 0.2) is 5.76 Å². The Balaban J connectivity index is 1.94. The molecule has 29 heavy (non-hydrogen) atoms. The second-order valence-electron chi connectivity index (χ2n) is 7.80. The summed E-state index contributed by atoms with van der Waals surface area (Å²) in [5, 5.41) is 0. The molecule has 0 atom stereocenters. The van der Waals surface area contributed by atoms with Gasteiger partial charge in [-0.05, 0) is 57.5 Å². The molecule has 1 aliphatic rings. The minimum absolute atomic E-state index is 0.172. The van der Waals surface area contributed by atoms with Crippen molar-refractivity contribution in [2.24, 2.45) is 5.41 Å². The first-order chi connectivity index (χ1) is 13.6. The molecule has 0 fully saturated rings. The SMILES string of the molecule is COc1ccc(/C=C2\Oc3cc(OC(=O)C(C)(C)C)cc(C)c3C2=O)c(OC)c1. The second-order valence-corrected chi connectivity index (χ2v) is 7.80. The largest absolute Gasteiger partial charge is 0.497 e. The van der Waals surface area contributed by atoms with Crippen LogP contribution in [0.4, 0.5) is 0 Å². The molecule has 0 saturated heterocycles. The molecule has 6 heteroatoms. The molecule has 0 aromatic heterocycles. The predicted molar refractivity (Wildman–Crippen MR) is 109 cm³/mol. The number of esters is 1. The van der Waals surface area contributed by atoms with Crippen molar-refractivity contribution < 1.29 is 28.5 Å². The zero-order valence-electron chi connectivity index (χ0n) is 17.4. The quantitative estimate of drug-likeness (QED) is 0.428. The van der Waals surface area contributed by atoms with Gasteiger partial charge in [0.05, 0.1) is 25.2 Å². The predicted octanol–water partition coefficient (Wildman–Crippen LogP) is 4.58. The van der Waals surface area contributed by atoms with Crippen LogP contribution in [0.3, 0.4) is 0 Å². The highest BCUT2D eigenvalue weighted by atomic mass is 16.5. The van der Waals surface area contributed by atoms with Crippen LogP contribution in [0.25, 0.3) is 6.08 Å². The number of methoxy groups -OCH3 is 2. The topological polar surface area (TPSA) is 71.1 Å². The Morgan fingerprint density at radius 1 is 1.03 bits per heavy atom. The van der Waals surface area contributed by atoms with Gasteiger partial charge in [0.25, 0.3) is 0 Å². The minimum Gasteiger partial charge on any atom is -0.497 e. The molecule has 0 bridgehead atoms. The molecule has 3 rings (SSSR count). The van der Waals surface area contributed by atoms with Crippen LogP contribution in [0, 0.1) is 12.3 Å². The van der Waals surface area contributed by atoms with E-state index in [1.165, 1.54) is 0 Å². The van der Waals surface area contributed by atoms with Crippen molar-refractivity contribution in [1.29, 1.82) is 0 Å². The molecule has 0 aliphatic carbocycles. The van der Waals surface area contributed by atoms with E-state index < -0.39 is 5.41 Å². The van der Waals surface area contributed by atoms with Crippen LogP contribution < -0.4 is 18.9 Å². The Hall–Kier alpha value is -3.28. The molecule has 0 spiro atoms. The first-order valence-electron chi connectivity index (χ1n) is 9.17. The van der Waals surface area contributed by atoms with Gasteiger partial charge in [-0.25, -0.2) is 0 Å². The smallest absolute Gasteiger partial charge is 0.316 e. The Labute approximate surface area is 170 Å². The molecular weight excluding hydrogens is 372 g/mol. The molecule has 0 unspecified atom stereocenters. The fraction of sp³-hybridized carbons (Fsp3) is 0.304. The van der Waals surface area contributed by atoms with E-state index >= 15 is 0 Å². The number of Topliss-reactive ketones (excluding diaryl/α,β-unsaturated/α-hetero) is 1. The summed E-state index contributed by atoms with van der Waals surface area (Å²) >= 11 is 0. The number of hydrogen-bond donors (Lipinski definition) is 0. The van der Waals surface area contributed by atoms with Gasteiger partial charge < -0.3 is 18.9 Å². The maximum atomic E-state index is 12.9. The van der Waals surface area contributed by atoms with E-state index in [1.54, 1.807) is 78.3 Å². The van der Waals surface area contributed by atoms with Crippen LogP contribution in [0.2, 0.25) is 0 Å². The molecule has 6 nitrogen and oxygen atoms in total. The average molecular weight is 396 g/mol. The summed E-state index contributed by atoms with van der Waals surface area (Å²) in [6.07, 6.45) is 1.63. The van der Waals surface area contributed by atoms with Crippen LogP contribution in [0.5, 0.6) is 23.0 Å². The van der Waals surface area contributed by atoms with E-state index in [2.05, 4.69) is 0 Å². The molecule has 152 valence electrons. The number of aryl methyl sites for hydroxylation is 1. The number of carbonyl (C=O) groups is 2. The summed E-state index contributed by atoms with van der Waals surface area (Å²) in [4.78, 5) is 25.0. The van der Waals surface area contributed by atoms with Gasteiger partial charge in [-0.15, -0.1) is 0 Å². The van der Waals surface area contributed by atoms with E-state index in [0.29, 0.717) is 39.7 Å². The van der Waals surface area contributed by atoms with E-state index in [0.717, 1.165) is 0 Å². The van der Waals surface area contributed by atoms with Crippen molar-refractivity contribution in [2.45, 2.75) is 27.7 Å². The van der Waals surface area contributed by atoms with Crippen LogP contribution in [0.15, 0.2) is 36.1 Å². The van der Waals surface area contributed by atoms with E-state index in [4.69, 9.17) is 18.9 Å². The van der Waals surface area contributed by atoms with Gasteiger partial charge in [-0.1, -0.05) is 0 Å². The lowest BCUT2D eigenvalue weighted by atomic mass is 9.97. The Morgan fingerprint density at radius 3 is 2.38 bits per heavy atom. The summed E-state index contributed by atoms with van der Waals surface area (Å²) in [7, 11) is 3.11. The number of ketones is 1. The van der Waals surface area contributed by atoms with Crippen LogP contribution in [0.1, 0.15) is 42.3 Å². The third kappa shape index (κ3) is 4.11. The molecule has 2 aromatic carbocycles. The normalized spacial score (nSPS) is 14.4. The van der Waals surface area contributed by atoms with Crippen molar-refractivity contribution in [1.82, 2.24) is 0 Å². The van der Waals surface area contributed by atoms with E-state index in [9.17, 15) is 9.59 Å². The van der Waals surface area contributed by atoms with Gasteiger partial charge >= 0.3 is 5.97 Å². The monoisotopic (exact) mass is 396 g/mol. The lowest BCUT2D eigenvalue weighted by molar-refractivity contribution is -0.143. The van der Waals surface area contributed by atoms with Gasteiger partial charge in [0.2, 0.25) is 5.78 Å². The molecule has 0 saturated carbocycles.